The van der Waals surface area contributed by atoms with Crippen LogP contribution in [0, 0.1) is 6.92 Å². The number of nitrogens with zero attached hydrogens (tertiary/aromatic N) is 2. The number of halogens is 1. The molecule has 9 heteroatoms. The van der Waals surface area contributed by atoms with Gasteiger partial charge in [0.25, 0.3) is 10.0 Å². The molecule has 0 bridgehead atoms. The van der Waals surface area contributed by atoms with E-state index in [0.717, 1.165) is 17.9 Å². The molecule has 2 aromatic carbocycles. The molecular weight excluding hydrogens is 398 g/mol. The summed E-state index contributed by atoms with van der Waals surface area (Å²) in [6.07, 6.45) is 0. The number of rotatable bonds is 7. The van der Waals surface area contributed by atoms with Crippen molar-refractivity contribution in [1.29, 1.82) is 0 Å². The molecule has 0 fully saturated rings. The molecule has 28 heavy (non-hydrogen) atoms. The molecule has 3 rings (SSSR count). The fraction of sp³-hybridized carbons (Fsp3) is 0.158. The fourth-order valence-electron chi connectivity index (χ4n) is 2.49. The van der Waals surface area contributed by atoms with Crippen molar-refractivity contribution in [1.82, 2.24) is 9.97 Å². The number of sulfonamides is 1. The quantitative estimate of drug-likeness (QED) is 0.526. The third-order valence-corrected chi connectivity index (χ3v) is 5.32. The molecule has 0 radical (unpaired) electrons. The van der Waals surface area contributed by atoms with Gasteiger partial charge in [-0.05, 0) is 56.3 Å². The zero-order valence-corrected chi connectivity index (χ0v) is 17.0. The van der Waals surface area contributed by atoms with Crippen LogP contribution in [0.4, 0.5) is 23.1 Å². The van der Waals surface area contributed by atoms with E-state index in [1.807, 2.05) is 19.9 Å². The standard InChI is InChI=1S/C19H20ClN5O2S/c1-3-21-19-22-13(2)11-18(24-19)23-15-7-9-16(10-8-15)25-28(26,27)17-6-4-5-14(20)12-17/h4-12,25H,3H2,1-2H3,(H2,21,22,23,24). The van der Waals surface area contributed by atoms with Crippen molar-refractivity contribution in [3.63, 3.8) is 0 Å². The van der Waals surface area contributed by atoms with Crippen molar-refractivity contribution < 1.29 is 8.42 Å². The summed E-state index contributed by atoms with van der Waals surface area (Å²) in [4.78, 5) is 8.80. The molecule has 0 aliphatic rings. The monoisotopic (exact) mass is 417 g/mol. The normalized spacial score (nSPS) is 11.1. The minimum absolute atomic E-state index is 0.106. The molecule has 0 spiro atoms. The van der Waals surface area contributed by atoms with Gasteiger partial charge in [-0.2, -0.15) is 4.98 Å². The first-order valence-corrected chi connectivity index (χ1v) is 10.5. The van der Waals surface area contributed by atoms with Crippen LogP contribution in [0.15, 0.2) is 59.5 Å². The first-order valence-electron chi connectivity index (χ1n) is 8.61. The fourth-order valence-corrected chi connectivity index (χ4v) is 3.85. The first kappa shape index (κ1) is 19.9. The van der Waals surface area contributed by atoms with Gasteiger partial charge in [0, 0.05) is 34.7 Å². The van der Waals surface area contributed by atoms with Crippen LogP contribution in [0.3, 0.4) is 0 Å². The van der Waals surface area contributed by atoms with Crippen LogP contribution in [0.25, 0.3) is 0 Å². The van der Waals surface area contributed by atoms with Gasteiger partial charge in [-0.15, -0.1) is 0 Å². The highest BCUT2D eigenvalue weighted by Crippen LogP contribution is 2.22. The number of aromatic nitrogens is 2. The number of nitrogens with one attached hydrogen (secondary N) is 3. The Morgan fingerprint density at radius 1 is 1.00 bits per heavy atom. The Kier molecular flexibility index (Phi) is 6.01. The molecular formula is C19H20ClN5O2S. The van der Waals surface area contributed by atoms with Gasteiger partial charge in [-0.3, -0.25) is 4.72 Å². The minimum atomic E-state index is -3.71. The van der Waals surface area contributed by atoms with Gasteiger partial charge in [0.2, 0.25) is 5.95 Å². The van der Waals surface area contributed by atoms with Crippen LogP contribution in [-0.2, 0) is 10.0 Å². The number of hydrogen-bond acceptors (Lipinski definition) is 6. The molecule has 0 aliphatic carbocycles. The molecule has 0 aliphatic heterocycles. The van der Waals surface area contributed by atoms with Crippen molar-refractivity contribution in [3.8, 4) is 0 Å². The average Bonchev–Trinajstić information content (AvgIpc) is 2.63. The van der Waals surface area contributed by atoms with Gasteiger partial charge >= 0.3 is 0 Å². The molecule has 7 nitrogen and oxygen atoms in total. The SMILES string of the molecule is CCNc1nc(C)cc(Nc2ccc(NS(=O)(=O)c3cccc(Cl)c3)cc2)n1. The Balaban J connectivity index is 1.73. The number of benzene rings is 2. The van der Waals surface area contributed by atoms with Crippen LogP contribution in [0.1, 0.15) is 12.6 Å². The Labute approximate surface area is 169 Å². The second-order valence-corrected chi connectivity index (χ2v) is 8.13. The van der Waals surface area contributed by atoms with Crippen LogP contribution < -0.4 is 15.4 Å². The third kappa shape index (κ3) is 5.11. The molecule has 0 saturated carbocycles. The molecule has 0 saturated heterocycles. The lowest BCUT2D eigenvalue weighted by atomic mass is 10.3. The van der Waals surface area contributed by atoms with Crippen LogP contribution in [0.5, 0.6) is 0 Å². The smallest absolute Gasteiger partial charge is 0.261 e. The highest BCUT2D eigenvalue weighted by atomic mass is 35.5. The summed E-state index contributed by atoms with van der Waals surface area (Å²) in [6, 6.07) is 14.8. The molecule has 0 unspecified atom stereocenters. The molecule has 146 valence electrons. The van der Waals surface area contributed by atoms with E-state index >= 15 is 0 Å². The average molecular weight is 418 g/mol. The number of aryl methyl sites for hydroxylation is 1. The Bertz CT molecular complexity index is 1070. The maximum atomic E-state index is 12.5. The predicted octanol–water partition coefficient (Wildman–Crippen LogP) is 4.41. The summed E-state index contributed by atoms with van der Waals surface area (Å²) in [5, 5.41) is 6.63. The molecule has 3 aromatic rings. The van der Waals surface area contributed by atoms with Crippen LogP contribution >= 0.6 is 11.6 Å². The van der Waals surface area contributed by atoms with Gasteiger partial charge in [0.1, 0.15) is 5.82 Å². The highest BCUT2D eigenvalue weighted by Gasteiger charge is 2.14. The maximum absolute atomic E-state index is 12.5. The van der Waals surface area contributed by atoms with Gasteiger partial charge in [0.15, 0.2) is 0 Å². The lowest BCUT2D eigenvalue weighted by molar-refractivity contribution is 0.601. The summed E-state index contributed by atoms with van der Waals surface area (Å²) in [6.45, 7) is 4.59. The van der Waals surface area contributed by atoms with E-state index in [0.29, 0.717) is 22.5 Å². The Hall–Kier alpha value is -2.84. The van der Waals surface area contributed by atoms with E-state index in [1.165, 1.54) is 12.1 Å². The first-order chi connectivity index (χ1) is 13.4. The van der Waals surface area contributed by atoms with E-state index in [2.05, 4.69) is 25.3 Å². The van der Waals surface area contributed by atoms with Crippen molar-refractivity contribution in [2.24, 2.45) is 0 Å². The molecule has 0 amide bonds. The van der Waals surface area contributed by atoms with Crippen LogP contribution in [-0.4, -0.2) is 24.9 Å². The number of hydrogen-bond donors (Lipinski definition) is 3. The molecule has 1 heterocycles. The zero-order valence-electron chi connectivity index (χ0n) is 15.4. The minimum Gasteiger partial charge on any atom is -0.354 e. The lowest BCUT2D eigenvalue weighted by Crippen LogP contribution is -2.12. The van der Waals surface area contributed by atoms with E-state index in [-0.39, 0.29) is 4.90 Å². The number of anilines is 4. The van der Waals surface area contributed by atoms with Gasteiger partial charge in [-0.1, -0.05) is 17.7 Å². The summed E-state index contributed by atoms with van der Waals surface area (Å²) in [7, 11) is -3.71. The van der Waals surface area contributed by atoms with E-state index < -0.39 is 10.0 Å². The highest BCUT2D eigenvalue weighted by molar-refractivity contribution is 7.92. The summed E-state index contributed by atoms with van der Waals surface area (Å²) in [5.74, 6) is 1.20. The van der Waals surface area contributed by atoms with Crippen molar-refractivity contribution in [3.05, 3.63) is 65.3 Å². The van der Waals surface area contributed by atoms with E-state index in [1.54, 1.807) is 36.4 Å². The maximum Gasteiger partial charge on any atom is 0.261 e. The summed E-state index contributed by atoms with van der Waals surface area (Å²) >= 11 is 5.88. The van der Waals surface area contributed by atoms with E-state index in [4.69, 9.17) is 11.6 Å². The zero-order chi connectivity index (χ0) is 20.1. The van der Waals surface area contributed by atoms with Crippen molar-refractivity contribution in [2.75, 3.05) is 21.9 Å². The third-order valence-electron chi connectivity index (χ3n) is 3.71. The topological polar surface area (TPSA) is 96.0 Å². The second-order valence-electron chi connectivity index (χ2n) is 6.01. The predicted molar refractivity (Wildman–Crippen MR) is 113 cm³/mol. The lowest BCUT2D eigenvalue weighted by Gasteiger charge is -2.11. The van der Waals surface area contributed by atoms with Gasteiger partial charge < -0.3 is 10.6 Å². The summed E-state index contributed by atoms with van der Waals surface area (Å²) in [5.41, 5.74) is 2.04. The van der Waals surface area contributed by atoms with Crippen molar-refractivity contribution in [2.45, 2.75) is 18.7 Å². The largest absolute Gasteiger partial charge is 0.354 e. The Morgan fingerprint density at radius 3 is 2.39 bits per heavy atom. The van der Waals surface area contributed by atoms with Gasteiger partial charge in [0.05, 0.1) is 4.90 Å². The van der Waals surface area contributed by atoms with Crippen molar-refractivity contribution >= 4 is 44.8 Å². The van der Waals surface area contributed by atoms with E-state index in [9.17, 15) is 8.42 Å². The molecule has 0 atom stereocenters. The summed E-state index contributed by atoms with van der Waals surface area (Å²) < 4.78 is 27.5. The molecule has 1 aromatic heterocycles. The molecule has 3 N–H and O–H groups in total. The van der Waals surface area contributed by atoms with Crippen LogP contribution in [0.2, 0.25) is 5.02 Å². The second kappa shape index (κ2) is 8.45. The van der Waals surface area contributed by atoms with Gasteiger partial charge in [-0.25, -0.2) is 13.4 Å². The Morgan fingerprint density at radius 2 is 1.71 bits per heavy atom.